The quantitative estimate of drug-likeness (QED) is 0.818. The van der Waals surface area contributed by atoms with E-state index in [0.717, 1.165) is 24.1 Å². The SMILES string of the molecule is Cc1ccc(S(=O)(=O)N2CCCCC2C)s1. The molecule has 5 heteroatoms. The minimum absolute atomic E-state index is 0.140. The van der Waals surface area contributed by atoms with E-state index in [2.05, 4.69) is 0 Å². The molecule has 1 aliphatic rings. The van der Waals surface area contributed by atoms with Crippen molar-refractivity contribution in [1.29, 1.82) is 0 Å². The zero-order chi connectivity index (χ0) is 11.8. The maximum absolute atomic E-state index is 12.3. The van der Waals surface area contributed by atoms with E-state index in [1.807, 2.05) is 19.9 Å². The zero-order valence-electron chi connectivity index (χ0n) is 9.64. The molecule has 1 aliphatic heterocycles. The van der Waals surface area contributed by atoms with Crippen LogP contribution in [-0.2, 0) is 10.0 Å². The summed E-state index contributed by atoms with van der Waals surface area (Å²) in [5.41, 5.74) is 0. The number of thiophene rings is 1. The Kier molecular flexibility index (Phi) is 3.37. The average Bonchev–Trinajstić information content (AvgIpc) is 2.66. The molecule has 16 heavy (non-hydrogen) atoms. The molecule has 1 aromatic heterocycles. The van der Waals surface area contributed by atoms with Gasteiger partial charge >= 0.3 is 0 Å². The minimum atomic E-state index is -3.24. The average molecular weight is 259 g/mol. The maximum atomic E-state index is 12.3. The molecule has 1 unspecified atom stereocenters. The number of sulfonamides is 1. The minimum Gasteiger partial charge on any atom is -0.206 e. The highest BCUT2D eigenvalue weighted by molar-refractivity contribution is 7.91. The Morgan fingerprint density at radius 1 is 1.38 bits per heavy atom. The largest absolute Gasteiger partial charge is 0.252 e. The van der Waals surface area contributed by atoms with E-state index in [1.165, 1.54) is 11.3 Å². The van der Waals surface area contributed by atoms with Gasteiger partial charge in [0.15, 0.2) is 0 Å². The Morgan fingerprint density at radius 2 is 2.12 bits per heavy atom. The summed E-state index contributed by atoms with van der Waals surface area (Å²) in [6, 6.07) is 3.73. The molecule has 0 saturated carbocycles. The lowest BCUT2D eigenvalue weighted by atomic mass is 10.1. The van der Waals surface area contributed by atoms with E-state index in [1.54, 1.807) is 10.4 Å². The van der Waals surface area contributed by atoms with Crippen LogP contribution in [0.2, 0.25) is 0 Å². The molecule has 3 nitrogen and oxygen atoms in total. The van der Waals surface area contributed by atoms with Crippen LogP contribution in [0.25, 0.3) is 0 Å². The van der Waals surface area contributed by atoms with Crippen molar-refractivity contribution in [1.82, 2.24) is 4.31 Å². The fourth-order valence-corrected chi connectivity index (χ4v) is 5.21. The molecule has 1 fully saturated rings. The van der Waals surface area contributed by atoms with Gasteiger partial charge in [-0.15, -0.1) is 11.3 Å². The third-order valence-electron chi connectivity index (χ3n) is 3.02. The summed E-state index contributed by atoms with van der Waals surface area (Å²) in [5.74, 6) is 0. The van der Waals surface area contributed by atoms with Crippen LogP contribution in [-0.4, -0.2) is 25.3 Å². The number of piperidine rings is 1. The summed E-state index contributed by atoms with van der Waals surface area (Å²) in [4.78, 5) is 1.04. The first-order chi connectivity index (χ1) is 7.51. The van der Waals surface area contributed by atoms with Gasteiger partial charge in [-0.25, -0.2) is 8.42 Å². The molecule has 0 spiro atoms. The maximum Gasteiger partial charge on any atom is 0.252 e. The lowest BCUT2D eigenvalue weighted by molar-refractivity contribution is 0.269. The standard InChI is InChI=1S/C11H17NO2S2/c1-9-5-3-4-8-12(9)16(13,14)11-7-6-10(2)15-11/h6-7,9H,3-5,8H2,1-2H3. The molecule has 0 bridgehead atoms. The third-order valence-corrected chi connectivity index (χ3v) is 6.50. The Balaban J connectivity index is 2.31. The van der Waals surface area contributed by atoms with Crippen molar-refractivity contribution in [3.63, 3.8) is 0 Å². The predicted molar refractivity (Wildman–Crippen MR) is 66.3 cm³/mol. The van der Waals surface area contributed by atoms with E-state index in [0.29, 0.717) is 10.8 Å². The molecule has 0 radical (unpaired) electrons. The molecule has 2 rings (SSSR count). The Morgan fingerprint density at radius 3 is 2.69 bits per heavy atom. The first-order valence-corrected chi connectivity index (χ1v) is 7.86. The van der Waals surface area contributed by atoms with Gasteiger partial charge in [-0.3, -0.25) is 0 Å². The molecular formula is C11H17NO2S2. The van der Waals surface area contributed by atoms with Gasteiger partial charge < -0.3 is 0 Å². The first-order valence-electron chi connectivity index (χ1n) is 5.60. The highest BCUT2D eigenvalue weighted by atomic mass is 32.2. The summed E-state index contributed by atoms with van der Waals surface area (Å²) in [7, 11) is -3.24. The smallest absolute Gasteiger partial charge is 0.206 e. The molecular weight excluding hydrogens is 242 g/mol. The van der Waals surface area contributed by atoms with E-state index in [4.69, 9.17) is 0 Å². The van der Waals surface area contributed by atoms with Crippen LogP contribution in [0, 0.1) is 6.92 Å². The lowest BCUT2D eigenvalue weighted by Gasteiger charge is -2.31. The van der Waals surface area contributed by atoms with Gasteiger partial charge in [-0.2, -0.15) is 4.31 Å². The summed E-state index contributed by atoms with van der Waals surface area (Å²) in [6.07, 6.45) is 3.09. The summed E-state index contributed by atoms with van der Waals surface area (Å²) >= 11 is 1.36. The molecule has 0 amide bonds. The van der Waals surface area contributed by atoms with Crippen LogP contribution < -0.4 is 0 Å². The molecule has 1 atom stereocenters. The van der Waals surface area contributed by atoms with E-state index in [9.17, 15) is 8.42 Å². The number of nitrogens with zero attached hydrogens (tertiary/aromatic N) is 1. The van der Waals surface area contributed by atoms with E-state index in [-0.39, 0.29) is 6.04 Å². The Labute approximate surface area is 101 Å². The van der Waals surface area contributed by atoms with Gasteiger partial charge in [-0.1, -0.05) is 6.42 Å². The Hall–Kier alpha value is -0.390. The predicted octanol–water partition coefficient (Wildman–Crippen LogP) is 2.62. The summed E-state index contributed by atoms with van der Waals surface area (Å²) < 4.78 is 26.8. The number of hydrogen-bond donors (Lipinski definition) is 0. The van der Waals surface area contributed by atoms with Crippen molar-refractivity contribution in [3.8, 4) is 0 Å². The van der Waals surface area contributed by atoms with Crippen molar-refractivity contribution in [2.45, 2.75) is 43.4 Å². The third kappa shape index (κ3) is 2.17. The van der Waals surface area contributed by atoms with Crippen molar-refractivity contribution >= 4 is 21.4 Å². The fraction of sp³-hybridized carbons (Fsp3) is 0.636. The van der Waals surface area contributed by atoms with Crippen LogP contribution in [0.4, 0.5) is 0 Å². The van der Waals surface area contributed by atoms with Gasteiger partial charge in [0.2, 0.25) is 0 Å². The summed E-state index contributed by atoms with van der Waals surface area (Å²) in [6.45, 7) is 4.60. The normalized spacial score (nSPS) is 23.5. The molecule has 2 heterocycles. The molecule has 0 aliphatic carbocycles. The number of hydrogen-bond acceptors (Lipinski definition) is 3. The number of aryl methyl sites for hydroxylation is 1. The highest BCUT2D eigenvalue weighted by Gasteiger charge is 2.31. The van der Waals surface area contributed by atoms with E-state index >= 15 is 0 Å². The molecule has 1 saturated heterocycles. The second-order valence-electron chi connectivity index (χ2n) is 4.33. The number of rotatable bonds is 2. The van der Waals surface area contributed by atoms with Crippen LogP contribution in [0.1, 0.15) is 31.1 Å². The van der Waals surface area contributed by atoms with Crippen LogP contribution in [0.5, 0.6) is 0 Å². The van der Waals surface area contributed by atoms with E-state index < -0.39 is 10.0 Å². The topological polar surface area (TPSA) is 37.4 Å². The molecule has 1 aromatic rings. The van der Waals surface area contributed by atoms with Gasteiger partial charge in [-0.05, 0) is 38.8 Å². The second-order valence-corrected chi connectivity index (χ2v) is 7.73. The lowest BCUT2D eigenvalue weighted by Crippen LogP contribution is -2.41. The second kappa shape index (κ2) is 4.47. The van der Waals surface area contributed by atoms with Crippen molar-refractivity contribution < 1.29 is 8.42 Å². The van der Waals surface area contributed by atoms with Crippen molar-refractivity contribution in [2.75, 3.05) is 6.54 Å². The van der Waals surface area contributed by atoms with Crippen LogP contribution in [0.15, 0.2) is 16.3 Å². The Bertz CT molecular complexity index is 464. The first kappa shape index (κ1) is 12.1. The van der Waals surface area contributed by atoms with Gasteiger partial charge in [0.1, 0.15) is 4.21 Å². The van der Waals surface area contributed by atoms with Gasteiger partial charge in [0.25, 0.3) is 10.0 Å². The zero-order valence-corrected chi connectivity index (χ0v) is 11.3. The van der Waals surface area contributed by atoms with Crippen LogP contribution in [0.3, 0.4) is 0 Å². The summed E-state index contributed by atoms with van der Waals surface area (Å²) in [5, 5.41) is 0. The van der Waals surface area contributed by atoms with Gasteiger partial charge in [0, 0.05) is 17.5 Å². The van der Waals surface area contributed by atoms with Crippen molar-refractivity contribution in [2.24, 2.45) is 0 Å². The van der Waals surface area contributed by atoms with Gasteiger partial charge in [0.05, 0.1) is 0 Å². The molecule has 90 valence electrons. The fourth-order valence-electron chi connectivity index (χ4n) is 2.10. The molecule has 0 aromatic carbocycles. The van der Waals surface area contributed by atoms with Crippen LogP contribution >= 0.6 is 11.3 Å². The van der Waals surface area contributed by atoms with Crippen molar-refractivity contribution in [3.05, 3.63) is 17.0 Å². The molecule has 0 N–H and O–H groups in total. The highest BCUT2D eigenvalue weighted by Crippen LogP contribution is 2.29. The monoisotopic (exact) mass is 259 g/mol.